The molecule has 0 aromatic heterocycles. The summed E-state index contributed by atoms with van der Waals surface area (Å²) in [4.78, 5) is 10.9. The molecule has 2 rings (SSSR count). The van der Waals surface area contributed by atoms with Crippen LogP contribution in [0.4, 0.5) is 4.39 Å². The predicted octanol–water partition coefficient (Wildman–Crippen LogP) is 1.50. The second-order valence-corrected chi connectivity index (χ2v) is 7.73. The minimum atomic E-state index is -3.84. The summed E-state index contributed by atoms with van der Waals surface area (Å²) >= 11 is 0. The van der Waals surface area contributed by atoms with E-state index in [4.69, 9.17) is 9.84 Å². The summed E-state index contributed by atoms with van der Waals surface area (Å²) in [5, 5.41) is 9.09. The Bertz CT molecular complexity index is 687. The van der Waals surface area contributed by atoms with Gasteiger partial charge in [0, 0.05) is 13.6 Å². The van der Waals surface area contributed by atoms with Crippen molar-refractivity contribution in [3.05, 3.63) is 29.6 Å². The molecule has 0 bridgehead atoms. The summed E-state index contributed by atoms with van der Waals surface area (Å²) in [6.07, 6.45) is 0.355. The molecular weight excluding hydrogens is 325 g/mol. The lowest BCUT2D eigenvalue weighted by Gasteiger charge is -2.17. The molecule has 128 valence electrons. The highest BCUT2D eigenvalue weighted by molar-refractivity contribution is 7.89. The monoisotopic (exact) mass is 345 g/mol. The molecule has 0 spiro atoms. The van der Waals surface area contributed by atoms with Crippen LogP contribution in [0.15, 0.2) is 23.1 Å². The van der Waals surface area contributed by atoms with Crippen LogP contribution in [-0.2, 0) is 26.0 Å². The quantitative estimate of drug-likeness (QED) is 0.722. The van der Waals surface area contributed by atoms with Gasteiger partial charge >= 0.3 is 5.97 Å². The molecule has 1 aliphatic heterocycles. The van der Waals surface area contributed by atoms with E-state index in [9.17, 15) is 17.6 Å². The molecule has 1 heterocycles. The van der Waals surface area contributed by atoms with E-state index in [0.717, 1.165) is 10.4 Å². The third-order valence-corrected chi connectivity index (χ3v) is 5.63. The fourth-order valence-electron chi connectivity index (χ4n) is 2.32. The van der Waals surface area contributed by atoms with Gasteiger partial charge in [-0.1, -0.05) is 6.92 Å². The third-order valence-electron chi connectivity index (χ3n) is 3.83. The fourth-order valence-corrected chi connectivity index (χ4v) is 3.60. The minimum absolute atomic E-state index is 0.0849. The van der Waals surface area contributed by atoms with Gasteiger partial charge in [-0.2, -0.15) is 4.31 Å². The van der Waals surface area contributed by atoms with Gasteiger partial charge in [-0.05, 0) is 36.6 Å². The first kappa shape index (κ1) is 17.8. The second kappa shape index (κ2) is 6.94. The summed E-state index contributed by atoms with van der Waals surface area (Å²) in [5.41, 5.74) is 0.355. The maximum absolute atomic E-state index is 13.8. The van der Waals surface area contributed by atoms with Crippen molar-refractivity contribution in [1.82, 2.24) is 4.31 Å². The average Bonchev–Trinajstić information content (AvgIpc) is 3.27. The number of nitrogens with zero attached hydrogens (tertiary/aromatic N) is 1. The number of sulfonamides is 1. The van der Waals surface area contributed by atoms with Crippen LogP contribution < -0.4 is 0 Å². The standard InChI is InChI=1S/C15H20FNO5S/c1-3-11(15(18)19)4-10-5-12(16)7-14(6-10)23(20,21)17(2)8-13-9-22-13/h5-7,11,13H,3-4,8-9H2,1-2H3,(H,18,19). The minimum Gasteiger partial charge on any atom is -0.481 e. The summed E-state index contributed by atoms with van der Waals surface area (Å²) in [6.45, 7) is 2.45. The van der Waals surface area contributed by atoms with Crippen LogP contribution in [0.1, 0.15) is 18.9 Å². The lowest BCUT2D eigenvalue weighted by atomic mass is 9.97. The average molecular weight is 345 g/mol. The van der Waals surface area contributed by atoms with Gasteiger partial charge in [0.05, 0.1) is 23.5 Å². The first-order valence-electron chi connectivity index (χ1n) is 7.34. The number of rotatable bonds is 8. The summed E-state index contributed by atoms with van der Waals surface area (Å²) in [6, 6.07) is 3.47. The number of aliphatic carboxylic acids is 1. The molecule has 0 saturated carbocycles. The highest BCUT2D eigenvalue weighted by Gasteiger charge is 2.30. The molecular formula is C15H20FNO5S. The van der Waals surface area contributed by atoms with Crippen molar-refractivity contribution in [2.45, 2.75) is 30.8 Å². The molecule has 0 amide bonds. The van der Waals surface area contributed by atoms with Gasteiger partial charge in [-0.3, -0.25) is 4.79 Å². The number of likely N-dealkylation sites (N-methyl/N-ethyl adjacent to an activating group) is 1. The summed E-state index contributed by atoms with van der Waals surface area (Å²) in [7, 11) is -2.43. The van der Waals surface area contributed by atoms with Crippen molar-refractivity contribution in [2.75, 3.05) is 20.2 Å². The highest BCUT2D eigenvalue weighted by Crippen LogP contribution is 2.22. The predicted molar refractivity (Wildman–Crippen MR) is 81.1 cm³/mol. The maximum atomic E-state index is 13.8. The van der Waals surface area contributed by atoms with Gasteiger partial charge in [0.25, 0.3) is 0 Å². The van der Waals surface area contributed by atoms with E-state index < -0.39 is 27.7 Å². The number of epoxide rings is 1. The van der Waals surface area contributed by atoms with E-state index in [1.807, 2.05) is 0 Å². The molecule has 2 atom stereocenters. The number of halogens is 1. The largest absolute Gasteiger partial charge is 0.481 e. The molecule has 6 nitrogen and oxygen atoms in total. The van der Waals surface area contributed by atoms with Crippen LogP contribution in [0.25, 0.3) is 0 Å². The second-order valence-electron chi connectivity index (χ2n) is 5.68. The summed E-state index contributed by atoms with van der Waals surface area (Å²) < 4.78 is 44.9. The first-order chi connectivity index (χ1) is 10.7. The lowest BCUT2D eigenvalue weighted by Crippen LogP contribution is -2.30. The number of hydrogen-bond donors (Lipinski definition) is 1. The Labute approximate surface area is 134 Å². The first-order valence-corrected chi connectivity index (χ1v) is 8.78. The van der Waals surface area contributed by atoms with Crippen molar-refractivity contribution in [1.29, 1.82) is 0 Å². The number of carboxylic acids is 1. The highest BCUT2D eigenvalue weighted by atomic mass is 32.2. The molecule has 0 aliphatic carbocycles. The van der Waals surface area contributed by atoms with E-state index in [1.54, 1.807) is 6.92 Å². The van der Waals surface area contributed by atoms with Crippen molar-refractivity contribution in [2.24, 2.45) is 5.92 Å². The molecule has 2 unspecified atom stereocenters. The Kier molecular flexibility index (Phi) is 5.38. The molecule has 8 heteroatoms. The Balaban J connectivity index is 2.26. The molecule has 1 aromatic carbocycles. The van der Waals surface area contributed by atoms with Crippen LogP contribution in [0, 0.1) is 11.7 Å². The maximum Gasteiger partial charge on any atom is 0.306 e. The van der Waals surface area contributed by atoms with Crippen molar-refractivity contribution in [3.8, 4) is 0 Å². The lowest BCUT2D eigenvalue weighted by molar-refractivity contribution is -0.141. The number of hydrogen-bond acceptors (Lipinski definition) is 4. The van der Waals surface area contributed by atoms with Gasteiger partial charge in [-0.25, -0.2) is 12.8 Å². The number of ether oxygens (including phenoxy) is 1. The van der Waals surface area contributed by atoms with Crippen LogP contribution in [-0.4, -0.2) is 50.1 Å². The van der Waals surface area contributed by atoms with Gasteiger partial charge < -0.3 is 9.84 Å². The Hall–Kier alpha value is -1.51. The smallest absolute Gasteiger partial charge is 0.306 e. The van der Waals surface area contributed by atoms with E-state index in [2.05, 4.69) is 0 Å². The van der Waals surface area contributed by atoms with Gasteiger partial charge in [0.15, 0.2) is 0 Å². The molecule has 1 aliphatic rings. The molecule has 1 saturated heterocycles. The number of carboxylic acid groups (broad SMARTS) is 1. The Morgan fingerprint density at radius 2 is 2.13 bits per heavy atom. The van der Waals surface area contributed by atoms with E-state index in [-0.39, 0.29) is 24.0 Å². The van der Waals surface area contributed by atoms with E-state index >= 15 is 0 Å². The number of benzene rings is 1. The van der Waals surface area contributed by atoms with E-state index in [0.29, 0.717) is 18.6 Å². The zero-order valence-electron chi connectivity index (χ0n) is 13.0. The molecule has 23 heavy (non-hydrogen) atoms. The molecule has 1 fully saturated rings. The van der Waals surface area contributed by atoms with Gasteiger partial charge in [-0.15, -0.1) is 0 Å². The summed E-state index contributed by atoms with van der Waals surface area (Å²) in [5.74, 6) is -2.36. The van der Waals surface area contributed by atoms with Crippen molar-refractivity contribution >= 4 is 16.0 Å². The Morgan fingerprint density at radius 1 is 1.48 bits per heavy atom. The molecule has 1 aromatic rings. The van der Waals surface area contributed by atoms with E-state index in [1.165, 1.54) is 19.2 Å². The van der Waals surface area contributed by atoms with Crippen LogP contribution >= 0.6 is 0 Å². The SMILES string of the molecule is CCC(Cc1cc(F)cc(S(=O)(=O)N(C)CC2CO2)c1)C(=O)O. The van der Waals surface area contributed by atoms with Crippen molar-refractivity contribution < 1.29 is 27.4 Å². The van der Waals surface area contributed by atoms with Gasteiger partial charge in [0.2, 0.25) is 10.0 Å². The van der Waals surface area contributed by atoms with Crippen LogP contribution in [0.2, 0.25) is 0 Å². The fraction of sp³-hybridized carbons (Fsp3) is 0.533. The zero-order chi connectivity index (χ0) is 17.2. The molecule has 1 N–H and O–H groups in total. The third kappa shape index (κ3) is 4.49. The van der Waals surface area contributed by atoms with Crippen LogP contribution in [0.5, 0.6) is 0 Å². The van der Waals surface area contributed by atoms with Crippen LogP contribution in [0.3, 0.4) is 0 Å². The normalized spacial score (nSPS) is 18.9. The Morgan fingerprint density at radius 3 is 2.65 bits per heavy atom. The molecule has 0 radical (unpaired) electrons. The van der Waals surface area contributed by atoms with Crippen molar-refractivity contribution in [3.63, 3.8) is 0 Å². The topological polar surface area (TPSA) is 87.2 Å². The van der Waals surface area contributed by atoms with Gasteiger partial charge in [0.1, 0.15) is 5.82 Å². The zero-order valence-corrected chi connectivity index (χ0v) is 13.8. The number of carbonyl (C=O) groups is 1.